The molecule has 0 atom stereocenters. The average Bonchev–Trinajstić information content (AvgIpc) is 2.66. The Morgan fingerprint density at radius 2 is 1.77 bits per heavy atom. The molecule has 0 aliphatic heterocycles. The summed E-state index contributed by atoms with van der Waals surface area (Å²) < 4.78 is 10.3. The number of hydrogen-bond donors (Lipinski definition) is 2. The average molecular weight is 352 g/mol. The quantitative estimate of drug-likeness (QED) is 0.740. The van der Waals surface area contributed by atoms with Crippen LogP contribution in [0, 0.1) is 6.92 Å². The van der Waals surface area contributed by atoms with E-state index in [1.54, 1.807) is 24.3 Å². The lowest BCUT2D eigenvalue weighted by Crippen LogP contribution is -2.26. The molecule has 0 aliphatic rings. The summed E-state index contributed by atoms with van der Waals surface area (Å²) in [5.41, 5.74) is 2.49. The van der Waals surface area contributed by atoms with Crippen molar-refractivity contribution in [1.82, 2.24) is 10.3 Å². The van der Waals surface area contributed by atoms with Crippen molar-refractivity contribution < 1.29 is 14.3 Å². The Morgan fingerprint density at radius 3 is 2.42 bits per heavy atom. The van der Waals surface area contributed by atoms with Crippen LogP contribution in [0.1, 0.15) is 21.5 Å². The number of rotatable bonds is 5. The number of fused-ring (bicyclic) bond motifs is 1. The molecule has 1 amide bonds. The van der Waals surface area contributed by atoms with E-state index in [0.29, 0.717) is 22.6 Å². The molecule has 0 bridgehead atoms. The van der Waals surface area contributed by atoms with Gasteiger partial charge in [-0.1, -0.05) is 18.2 Å². The topological polar surface area (TPSA) is 80.4 Å². The fourth-order valence-corrected chi connectivity index (χ4v) is 2.78. The monoisotopic (exact) mass is 352 g/mol. The normalized spacial score (nSPS) is 10.6. The van der Waals surface area contributed by atoms with E-state index in [1.165, 1.54) is 14.2 Å². The lowest BCUT2D eigenvalue weighted by Gasteiger charge is -2.10. The Hall–Kier alpha value is -3.28. The number of aryl methyl sites for hydroxylation is 1. The van der Waals surface area contributed by atoms with Crippen LogP contribution in [0.4, 0.5) is 0 Å². The van der Waals surface area contributed by atoms with Crippen molar-refractivity contribution in [2.75, 3.05) is 14.2 Å². The van der Waals surface area contributed by atoms with Crippen molar-refractivity contribution in [3.8, 4) is 11.5 Å². The highest BCUT2D eigenvalue weighted by Crippen LogP contribution is 2.22. The highest BCUT2D eigenvalue weighted by Gasteiger charge is 2.11. The number of nitrogens with one attached hydrogen (secondary N) is 2. The van der Waals surface area contributed by atoms with E-state index in [9.17, 15) is 9.59 Å². The third kappa shape index (κ3) is 3.54. The number of methoxy groups -OCH3 is 2. The molecule has 0 radical (unpaired) electrons. The van der Waals surface area contributed by atoms with E-state index in [0.717, 1.165) is 16.5 Å². The zero-order valence-electron chi connectivity index (χ0n) is 14.9. The summed E-state index contributed by atoms with van der Waals surface area (Å²) in [6.07, 6.45) is 0. The summed E-state index contributed by atoms with van der Waals surface area (Å²) in [6, 6.07) is 12.5. The zero-order chi connectivity index (χ0) is 18.7. The molecule has 0 saturated carbocycles. The number of H-pyrrole nitrogens is 1. The van der Waals surface area contributed by atoms with Crippen molar-refractivity contribution in [3.63, 3.8) is 0 Å². The third-order valence-corrected chi connectivity index (χ3v) is 4.22. The molecule has 0 aliphatic carbocycles. The van der Waals surface area contributed by atoms with Crippen LogP contribution >= 0.6 is 0 Å². The fraction of sp³-hybridized carbons (Fsp3) is 0.200. The van der Waals surface area contributed by atoms with Gasteiger partial charge in [-0.05, 0) is 36.1 Å². The van der Waals surface area contributed by atoms with Crippen LogP contribution in [0.3, 0.4) is 0 Å². The number of aromatic amines is 1. The van der Waals surface area contributed by atoms with Crippen LogP contribution < -0.4 is 20.3 Å². The van der Waals surface area contributed by atoms with E-state index in [2.05, 4.69) is 10.3 Å². The van der Waals surface area contributed by atoms with Gasteiger partial charge < -0.3 is 19.8 Å². The summed E-state index contributed by atoms with van der Waals surface area (Å²) >= 11 is 0. The highest BCUT2D eigenvalue weighted by molar-refractivity contribution is 5.95. The van der Waals surface area contributed by atoms with Crippen molar-refractivity contribution in [1.29, 1.82) is 0 Å². The Bertz CT molecular complexity index is 1000. The molecule has 0 unspecified atom stereocenters. The standard InChI is InChI=1S/C20H20N2O4/c1-12-5-4-6-13-7-15(20(24)22-18(12)13)11-21-19(23)14-8-16(25-2)10-17(9-14)26-3/h4-10H,11H2,1-3H3,(H,21,23)(H,22,24). The van der Waals surface area contributed by atoms with Gasteiger partial charge in [0, 0.05) is 23.7 Å². The van der Waals surface area contributed by atoms with Crippen LogP contribution in [-0.4, -0.2) is 25.1 Å². The molecule has 26 heavy (non-hydrogen) atoms. The number of aromatic nitrogens is 1. The van der Waals surface area contributed by atoms with Crippen molar-refractivity contribution >= 4 is 16.8 Å². The van der Waals surface area contributed by atoms with E-state index in [-0.39, 0.29) is 18.0 Å². The molecule has 6 nitrogen and oxygen atoms in total. The van der Waals surface area contributed by atoms with Crippen molar-refractivity contribution in [2.24, 2.45) is 0 Å². The van der Waals surface area contributed by atoms with Crippen LogP contribution in [0.15, 0.2) is 47.3 Å². The number of pyridine rings is 1. The van der Waals surface area contributed by atoms with Gasteiger partial charge in [0.05, 0.1) is 19.7 Å². The molecule has 3 rings (SSSR count). The lowest BCUT2D eigenvalue weighted by molar-refractivity contribution is 0.0950. The number of carbonyl (C=O) groups is 1. The van der Waals surface area contributed by atoms with E-state index in [4.69, 9.17) is 9.47 Å². The van der Waals surface area contributed by atoms with Gasteiger partial charge in [0.1, 0.15) is 11.5 Å². The first-order valence-corrected chi connectivity index (χ1v) is 8.14. The Morgan fingerprint density at radius 1 is 1.08 bits per heavy atom. The van der Waals surface area contributed by atoms with Crippen LogP contribution in [0.2, 0.25) is 0 Å². The second-order valence-electron chi connectivity index (χ2n) is 5.95. The number of benzene rings is 2. The van der Waals surface area contributed by atoms with Crippen LogP contribution in [0.25, 0.3) is 10.9 Å². The molecular formula is C20H20N2O4. The van der Waals surface area contributed by atoms with Gasteiger partial charge >= 0.3 is 0 Å². The second kappa shape index (κ2) is 7.31. The first-order chi connectivity index (χ1) is 12.5. The number of hydrogen-bond acceptors (Lipinski definition) is 4. The summed E-state index contributed by atoms with van der Waals surface area (Å²) in [7, 11) is 3.04. The molecule has 1 heterocycles. The summed E-state index contributed by atoms with van der Waals surface area (Å²) in [4.78, 5) is 27.6. The maximum absolute atomic E-state index is 12.4. The van der Waals surface area contributed by atoms with Crippen LogP contribution in [0.5, 0.6) is 11.5 Å². The summed E-state index contributed by atoms with van der Waals surface area (Å²) in [6.45, 7) is 2.06. The van der Waals surface area contributed by atoms with Gasteiger partial charge in [0.25, 0.3) is 11.5 Å². The van der Waals surface area contributed by atoms with Gasteiger partial charge in [-0.2, -0.15) is 0 Å². The SMILES string of the molecule is COc1cc(OC)cc(C(=O)NCc2cc3cccc(C)c3[nH]c2=O)c1. The Kier molecular flexibility index (Phi) is 4.93. The van der Waals surface area contributed by atoms with Gasteiger partial charge in [-0.3, -0.25) is 9.59 Å². The highest BCUT2D eigenvalue weighted by atomic mass is 16.5. The third-order valence-electron chi connectivity index (χ3n) is 4.22. The van der Waals surface area contributed by atoms with Gasteiger partial charge in [-0.15, -0.1) is 0 Å². The minimum atomic E-state index is -0.314. The minimum absolute atomic E-state index is 0.123. The molecule has 3 aromatic rings. The first-order valence-electron chi connectivity index (χ1n) is 8.14. The maximum Gasteiger partial charge on any atom is 0.253 e. The molecule has 2 aromatic carbocycles. The van der Waals surface area contributed by atoms with Crippen LogP contribution in [-0.2, 0) is 6.54 Å². The molecule has 6 heteroatoms. The Balaban J connectivity index is 1.83. The predicted molar refractivity (Wildman–Crippen MR) is 100 cm³/mol. The smallest absolute Gasteiger partial charge is 0.253 e. The number of amides is 1. The Labute approximate surface area is 150 Å². The van der Waals surface area contributed by atoms with Gasteiger partial charge in [0.2, 0.25) is 0 Å². The molecular weight excluding hydrogens is 332 g/mol. The summed E-state index contributed by atoms with van der Waals surface area (Å²) in [5.74, 6) is 0.730. The largest absolute Gasteiger partial charge is 0.497 e. The first kappa shape index (κ1) is 17.5. The number of para-hydroxylation sites is 1. The molecule has 2 N–H and O–H groups in total. The molecule has 0 saturated heterocycles. The van der Waals surface area contributed by atoms with Gasteiger partial charge in [0.15, 0.2) is 0 Å². The maximum atomic E-state index is 12.4. The van der Waals surface area contributed by atoms with Crippen molar-refractivity contribution in [3.05, 3.63) is 69.5 Å². The van der Waals surface area contributed by atoms with Crippen molar-refractivity contribution in [2.45, 2.75) is 13.5 Å². The lowest BCUT2D eigenvalue weighted by atomic mass is 10.1. The molecule has 0 spiro atoms. The minimum Gasteiger partial charge on any atom is -0.497 e. The summed E-state index contributed by atoms with van der Waals surface area (Å²) in [5, 5.41) is 3.70. The van der Waals surface area contributed by atoms with E-state index in [1.807, 2.05) is 25.1 Å². The number of carbonyl (C=O) groups excluding carboxylic acids is 1. The van der Waals surface area contributed by atoms with E-state index >= 15 is 0 Å². The molecule has 1 aromatic heterocycles. The molecule has 0 fully saturated rings. The number of ether oxygens (including phenoxy) is 2. The van der Waals surface area contributed by atoms with Gasteiger partial charge in [-0.25, -0.2) is 0 Å². The fourth-order valence-electron chi connectivity index (χ4n) is 2.78. The van der Waals surface area contributed by atoms with E-state index < -0.39 is 0 Å². The second-order valence-corrected chi connectivity index (χ2v) is 5.95. The molecule has 134 valence electrons. The zero-order valence-corrected chi connectivity index (χ0v) is 14.9. The predicted octanol–water partition coefficient (Wildman–Crippen LogP) is 2.78.